The van der Waals surface area contributed by atoms with Crippen molar-refractivity contribution >= 4 is 11.9 Å². The predicted octanol–water partition coefficient (Wildman–Crippen LogP) is 3.33. The van der Waals surface area contributed by atoms with Gasteiger partial charge in [0, 0.05) is 5.54 Å². The standard InChI is InChI=1S/C21H27N3O2/c1-21(2,3)23-20(26)22-18(25)15-24(4)19(16-11-7-5-8-12-16)17-13-9-6-10-14-17/h5-14,19H,15H2,1-4H3,(H2,22,23,25,26). The van der Waals surface area contributed by atoms with Crippen LogP contribution < -0.4 is 10.6 Å². The minimum Gasteiger partial charge on any atom is -0.333 e. The molecule has 2 rings (SSSR count). The monoisotopic (exact) mass is 353 g/mol. The van der Waals surface area contributed by atoms with Crippen molar-refractivity contribution in [2.45, 2.75) is 32.4 Å². The van der Waals surface area contributed by atoms with Crippen LogP contribution in [0, 0.1) is 0 Å². The summed E-state index contributed by atoms with van der Waals surface area (Å²) in [5.41, 5.74) is 1.79. The Balaban J connectivity index is 2.11. The number of rotatable bonds is 5. The molecule has 0 unspecified atom stereocenters. The fourth-order valence-corrected chi connectivity index (χ4v) is 2.83. The van der Waals surface area contributed by atoms with Crippen LogP contribution in [0.3, 0.4) is 0 Å². The van der Waals surface area contributed by atoms with Gasteiger partial charge in [-0.2, -0.15) is 0 Å². The van der Waals surface area contributed by atoms with Gasteiger partial charge in [0.05, 0.1) is 12.6 Å². The molecule has 0 aromatic heterocycles. The number of hydrogen-bond donors (Lipinski definition) is 2. The molecule has 26 heavy (non-hydrogen) atoms. The topological polar surface area (TPSA) is 61.4 Å². The van der Waals surface area contributed by atoms with Crippen LogP contribution in [0.4, 0.5) is 4.79 Å². The molecular formula is C21H27N3O2. The molecule has 0 aliphatic heterocycles. The zero-order chi connectivity index (χ0) is 19.2. The van der Waals surface area contributed by atoms with Crippen molar-refractivity contribution in [3.8, 4) is 0 Å². The molecule has 138 valence electrons. The third-order valence-electron chi connectivity index (χ3n) is 3.81. The largest absolute Gasteiger partial charge is 0.333 e. The van der Waals surface area contributed by atoms with Crippen LogP contribution in [0.2, 0.25) is 0 Å². The highest BCUT2D eigenvalue weighted by molar-refractivity contribution is 5.95. The summed E-state index contributed by atoms with van der Waals surface area (Å²) in [6, 6.07) is 19.5. The van der Waals surface area contributed by atoms with Crippen molar-refractivity contribution < 1.29 is 9.59 Å². The molecule has 0 radical (unpaired) electrons. The van der Waals surface area contributed by atoms with E-state index < -0.39 is 11.6 Å². The Morgan fingerprint density at radius 1 is 0.923 bits per heavy atom. The summed E-state index contributed by atoms with van der Waals surface area (Å²) in [5, 5.41) is 5.12. The first-order valence-corrected chi connectivity index (χ1v) is 8.68. The Morgan fingerprint density at radius 2 is 1.38 bits per heavy atom. The first kappa shape index (κ1) is 19.7. The summed E-state index contributed by atoms with van der Waals surface area (Å²) < 4.78 is 0. The molecular weight excluding hydrogens is 326 g/mol. The van der Waals surface area contributed by atoms with Gasteiger partial charge in [0.15, 0.2) is 0 Å². The summed E-state index contributed by atoms with van der Waals surface area (Å²) in [7, 11) is 1.88. The molecule has 0 spiro atoms. The lowest BCUT2D eigenvalue weighted by molar-refractivity contribution is -0.121. The van der Waals surface area contributed by atoms with E-state index in [1.165, 1.54) is 0 Å². The number of imide groups is 1. The van der Waals surface area contributed by atoms with Crippen LogP contribution in [0.15, 0.2) is 60.7 Å². The van der Waals surface area contributed by atoms with Crippen molar-refractivity contribution in [2.24, 2.45) is 0 Å². The van der Waals surface area contributed by atoms with E-state index in [0.717, 1.165) is 11.1 Å². The first-order chi connectivity index (χ1) is 12.3. The van der Waals surface area contributed by atoms with Crippen LogP contribution in [-0.2, 0) is 4.79 Å². The molecule has 3 amide bonds. The second kappa shape index (κ2) is 8.63. The fraction of sp³-hybridized carbons (Fsp3) is 0.333. The Bertz CT molecular complexity index is 684. The fourth-order valence-electron chi connectivity index (χ4n) is 2.83. The number of carbonyl (C=O) groups is 2. The minimum absolute atomic E-state index is 0.0752. The number of carbonyl (C=O) groups excluding carboxylic acids is 2. The summed E-state index contributed by atoms with van der Waals surface area (Å²) in [4.78, 5) is 26.1. The Hall–Kier alpha value is -2.66. The van der Waals surface area contributed by atoms with Crippen molar-refractivity contribution in [2.75, 3.05) is 13.6 Å². The van der Waals surface area contributed by atoms with Crippen LogP contribution in [-0.4, -0.2) is 36.0 Å². The van der Waals surface area contributed by atoms with Gasteiger partial charge in [-0.3, -0.25) is 15.0 Å². The van der Waals surface area contributed by atoms with Crippen LogP contribution in [0.25, 0.3) is 0 Å². The Kier molecular flexibility index (Phi) is 6.52. The summed E-state index contributed by atoms with van der Waals surface area (Å²) >= 11 is 0. The summed E-state index contributed by atoms with van der Waals surface area (Å²) in [5.74, 6) is -0.342. The number of urea groups is 1. The summed E-state index contributed by atoms with van der Waals surface area (Å²) in [6.07, 6.45) is 0. The number of hydrogen-bond acceptors (Lipinski definition) is 3. The van der Waals surface area contributed by atoms with Crippen molar-refractivity contribution in [1.82, 2.24) is 15.5 Å². The van der Waals surface area contributed by atoms with Gasteiger partial charge >= 0.3 is 6.03 Å². The lowest BCUT2D eigenvalue weighted by Crippen LogP contribution is -2.50. The number of likely N-dealkylation sites (N-methyl/N-ethyl adjacent to an activating group) is 1. The molecule has 0 fully saturated rings. The Labute approximate surface area is 155 Å². The molecule has 2 aromatic carbocycles. The molecule has 0 saturated carbocycles. The van der Waals surface area contributed by atoms with E-state index in [-0.39, 0.29) is 18.5 Å². The molecule has 0 aliphatic carbocycles. The van der Waals surface area contributed by atoms with Crippen molar-refractivity contribution in [1.29, 1.82) is 0 Å². The lowest BCUT2D eigenvalue weighted by Gasteiger charge is -2.28. The van der Waals surface area contributed by atoms with Crippen LogP contribution in [0.5, 0.6) is 0 Å². The zero-order valence-electron chi connectivity index (χ0n) is 15.8. The third-order valence-corrected chi connectivity index (χ3v) is 3.81. The van der Waals surface area contributed by atoms with E-state index in [1.54, 1.807) is 0 Å². The van der Waals surface area contributed by atoms with Crippen LogP contribution in [0.1, 0.15) is 37.9 Å². The Morgan fingerprint density at radius 3 is 1.81 bits per heavy atom. The van der Waals surface area contributed by atoms with Gasteiger partial charge in [-0.05, 0) is 38.9 Å². The molecule has 2 N–H and O–H groups in total. The van der Waals surface area contributed by atoms with Gasteiger partial charge in [0.1, 0.15) is 0 Å². The second-order valence-corrected chi connectivity index (χ2v) is 7.39. The highest BCUT2D eigenvalue weighted by atomic mass is 16.2. The zero-order valence-corrected chi connectivity index (χ0v) is 15.8. The molecule has 0 aliphatic rings. The second-order valence-electron chi connectivity index (χ2n) is 7.39. The number of nitrogens with zero attached hydrogens (tertiary/aromatic N) is 1. The van der Waals surface area contributed by atoms with Crippen LogP contribution >= 0.6 is 0 Å². The van der Waals surface area contributed by atoms with Gasteiger partial charge < -0.3 is 5.32 Å². The van der Waals surface area contributed by atoms with E-state index in [4.69, 9.17) is 0 Å². The van der Waals surface area contributed by atoms with Gasteiger partial charge in [0.25, 0.3) is 0 Å². The van der Waals surface area contributed by atoms with E-state index in [1.807, 2.05) is 93.4 Å². The molecule has 5 nitrogen and oxygen atoms in total. The molecule has 0 bridgehead atoms. The maximum Gasteiger partial charge on any atom is 0.321 e. The van der Waals surface area contributed by atoms with Gasteiger partial charge in [-0.1, -0.05) is 60.7 Å². The number of nitrogens with one attached hydrogen (secondary N) is 2. The van der Waals surface area contributed by atoms with E-state index in [0.29, 0.717) is 0 Å². The predicted molar refractivity (Wildman–Crippen MR) is 104 cm³/mol. The third kappa shape index (κ3) is 6.01. The highest BCUT2D eigenvalue weighted by Gasteiger charge is 2.22. The molecule has 0 heterocycles. The first-order valence-electron chi connectivity index (χ1n) is 8.68. The number of benzene rings is 2. The SMILES string of the molecule is CN(CC(=O)NC(=O)NC(C)(C)C)C(c1ccccc1)c1ccccc1. The van der Waals surface area contributed by atoms with E-state index >= 15 is 0 Å². The van der Waals surface area contributed by atoms with Gasteiger partial charge in [-0.15, -0.1) is 0 Å². The lowest BCUT2D eigenvalue weighted by atomic mass is 9.97. The maximum absolute atomic E-state index is 12.3. The molecule has 0 atom stereocenters. The molecule has 5 heteroatoms. The molecule has 0 saturated heterocycles. The highest BCUT2D eigenvalue weighted by Crippen LogP contribution is 2.27. The van der Waals surface area contributed by atoms with E-state index in [9.17, 15) is 9.59 Å². The molecule has 2 aromatic rings. The maximum atomic E-state index is 12.3. The number of amides is 3. The normalized spacial score (nSPS) is 11.5. The van der Waals surface area contributed by atoms with E-state index in [2.05, 4.69) is 10.6 Å². The van der Waals surface area contributed by atoms with Crippen molar-refractivity contribution in [3.63, 3.8) is 0 Å². The quantitative estimate of drug-likeness (QED) is 0.867. The van der Waals surface area contributed by atoms with Gasteiger partial charge in [0.2, 0.25) is 5.91 Å². The average molecular weight is 353 g/mol. The minimum atomic E-state index is -0.480. The summed E-state index contributed by atoms with van der Waals surface area (Å²) in [6.45, 7) is 5.70. The van der Waals surface area contributed by atoms with Gasteiger partial charge in [-0.25, -0.2) is 4.79 Å². The average Bonchev–Trinajstić information content (AvgIpc) is 2.55. The van der Waals surface area contributed by atoms with Crippen molar-refractivity contribution in [3.05, 3.63) is 71.8 Å². The smallest absolute Gasteiger partial charge is 0.321 e.